The number of likely N-dealkylation sites (N-methyl/N-ethyl adjacent to an activating group) is 1. The number of hydrogen-bond acceptors (Lipinski definition) is 3. The summed E-state index contributed by atoms with van der Waals surface area (Å²) in [5, 5.41) is 8.68. The summed E-state index contributed by atoms with van der Waals surface area (Å²) in [6, 6.07) is 0.00943. The van der Waals surface area contributed by atoms with Gasteiger partial charge in [-0.1, -0.05) is 0 Å². The molecular weight excluding hydrogens is 260 g/mol. The fourth-order valence-electron chi connectivity index (χ4n) is 2.33. The van der Waals surface area contributed by atoms with Gasteiger partial charge in [0.2, 0.25) is 0 Å². The normalized spacial score (nSPS) is 18.6. The first-order valence-corrected chi connectivity index (χ1v) is 7.23. The number of carboxylic acids is 1. The van der Waals surface area contributed by atoms with Crippen LogP contribution in [0.25, 0.3) is 0 Å². The molecule has 1 heterocycles. The van der Waals surface area contributed by atoms with E-state index in [0.29, 0.717) is 32.0 Å². The van der Waals surface area contributed by atoms with E-state index in [0.717, 1.165) is 13.0 Å². The van der Waals surface area contributed by atoms with Gasteiger partial charge in [0.1, 0.15) is 0 Å². The highest BCUT2D eigenvalue weighted by Gasteiger charge is 2.28. The fraction of sp³-hybridized carbons (Fsp3) is 0.857. The number of nitrogens with zero attached hydrogens (tertiary/aromatic N) is 2. The second-order valence-electron chi connectivity index (χ2n) is 5.66. The minimum Gasteiger partial charge on any atom is -0.481 e. The van der Waals surface area contributed by atoms with Crippen LogP contribution in [-0.2, 0) is 9.53 Å². The van der Waals surface area contributed by atoms with Gasteiger partial charge in [-0.05, 0) is 32.6 Å². The molecule has 0 aliphatic carbocycles. The molecule has 1 unspecified atom stereocenters. The van der Waals surface area contributed by atoms with Gasteiger partial charge in [-0.15, -0.1) is 0 Å². The molecule has 0 radical (unpaired) electrons. The third-order valence-corrected chi connectivity index (χ3v) is 3.53. The molecule has 0 aromatic heterocycles. The smallest absolute Gasteiger partial charge is 0.319 e. The highest BCUT2D eigenvalue weighted by molar-refractivity contribution is 5.74. The van der Waals surface area contributed by atoms with Crippen LogP contribution < -0.4 is 0 Å². The molecule has 1 fully saturated rings. The number of likely N-dealkylation sites (tertiary alicyclic amines) is 1. The third kappa shape index (κ3) is 5.77. The Morgan fingerprint density at radius 2 is 2.15 bits per heavy atom. The first-order valence-electron chi connectivity index (χ1n) is 7.23. The number of urea groups is 1. The van der Waals surface area contributed by atoms with Crippen molar-refractivity contribution in [2.75, 3.05) is 33.3 Å². The lowest BCUT2D eigenvalue weighted by Crippen LogP contribution is -2.41. The van der Waals surface area contributed by atoms with Gasteiger partial charge in [0.05, 0.1) is 12.7 Å². The van der Waals surface area contributed by atoms with E-state index in [9.17, 15) is 9.59 Å². The summed E-state index contributed by atoms with van der Waals surface area (Å²) in [4.78, 5) is 26.2. The summed E-state index contributed by atoms with van der Waals surface area (Å²) in [5.74, 6) is -0.451. The minimum absolute atomic E-state index is 0.00943. The Morgan fingerprint density at radius 1 is 1.45 bits per heavy atom. The summed E-state index contributed by atoms with van der Waals surface area (Å²) >= 11 is 0. The molecule has 1 aliphatic heterocycles. The SMILES string of the molecule is CC(C)OCCN(C)C(=O)N1CCC(CCC(=O)O)C1. The summed E-state index contributed by atoms with van der Waals surface area (Å²) in [6.07, 6.45) is 1.91. The van der Waals surface area contributed by atoms with Crippen molar-refractivity contribution in [3.8, 4) is 0 Å². The van der Waals surface area contributed by atoms with Crippen molar-refractivity contribution in [1.82, 2.24) is 9.80 Å². The zero-order valence-electron chi connectivity index (χ0n) is 12.7. The van der Waals surface area contributed by atoms with E-state index < -0.39 is 5.97 Å². The molecule has 6 nitrogen and oxygen atoms in total. The lowest BCUT2D eigenvalue weighted by atomic mass is 10.0. The molecule has 2 amide bonds. The lowest BCUT2D eigenvalue weighted by molar-refractivity contribution is -0.137. The predicted molar refractivity (Wildman–Crippen MR) is 75.7 cm³/mol. The van der Waals surface area contributed by atoms with Gasteiger partial charge in [-0.3, -0.25) is 4.79 Å². The average molecular weight is 286 g/mol. The number of carbonyl (C=O) groups excluding carboxylic acids is 1. The lowest BCUT2D eigenvalue weighted by Gasteiger charge is -2.25. The molecule has 0 bridgehead atoms. The van der Waals surface area contributed by atoms with E-state index in [1.165, 1.54) is 0 Å². The van der Waals surface area contributed by atoms with Gasteiger partial charge < -0.3 is 19.6 Å². The molecule has 0 aromatic rings. The molecule has 0 spiro atoms. The van der Waals surface area contributed by atoms with Crippen LogP contribution in [0, 0.1) is 5.92 Å². The van der Waals surface area contributed by atoms with E-state index >= 15 is 0 Å². The van der Waals surface area contributed by atoms with Crippen LogP contribution in [0.15, 0.2) is 0 Å². The van der Waals surface area contributed by atoms with Crippen molar-refractivity contribution in [2.45, 2.75) is 39.2 Å². The van der Waals surface area contributed by atoms with Gasteiger partial charge in [0, 0.05) is 33.1 Å². The molecule has 6 heteroatoms. The Hall–Kier alpha value is -1.30. The molecule has 0 saturated carbocycles. The highest BCUT2D eigenvalue weighted by atomic mass is 16.5. The second-order valence-corrected chi connectivity index (χ2v) is 5.66. The first kappa shape index (κ1) is 16.8. The number of ether oxygens (including phenoxy) is 1. The van der Waals surface area contributed by atoms with Crippen molar-refractivity contribution >= 4 is 12.0 Å². The molecule has 1 aliphatic rings. The summed E-state index contributed by atoms with van der Waals surface area (Å²) in [6.45, 7) is 6.44. The Balaban J connectivity index is 2.28. The van der Waals surface area contributed by atoms with Crippen LogP contribution in [0.3, 0.4) is 0 Å². The monoisotopic (exact) mass is 286 g/mol. The van der Waals surface area contributed by atoms with Crippen LogP contribution in [0.4, 0.5) is 4.79 Å². The Bertz CT molecular complexity index is 333. The van der Waals surface area contributed by atoms with Crippen molar-refractivity contribution < 1.29 is 19.4 Å². The van der Waals surface area contributed by atoms with Gasteiger partial charge in [-0.25, -0.2) is 4.79 Å². The summed E-state index contributed by atoms with van der Waals surface area (Å²) in [7, 11) is 1.77. The Morgan fingerprint density at radius 3 is 2.75 bits per heavy atom. The topological polar surface area (TPSA) is 70.1 Å². The van der Waals surface area contributed by atoms with Crippen LogP contribution in [0.1, 0.15) is 33.1 Å². The van der Waals surface area contributed by atoms with E-state index in [1.54, 1.807) is 11.9 Å². The van der Waals surface area contributed by atoms with Crippen LogP contribution in [0.2, 0.25) is 0 Å². The van der Waals surface area contributed by atoms with Crippen LogP contribution in [0.5, 0.6) is 0 Å². The second kappa shape index (κ2) is 8.09. The van der Waals surface area contributed by atoms with Crippen molar-refractivity contribution in [3.05, 3.63) is 0 Å². The third-order valence-electron chi connectivity index (χ3n) is 3.53. The van der Waals surface area contributed by atoms with Gasteiger partial charge in [0.15, 0.2) is 0 Å². The van der Waals surface area contributed by atoms with Gasteiger partial charge >= 0.3 is 12.0 Å². The van der Waals surface area contributed by atoms with Crippen molar-refractivity contribution in [2.24, 2.45) is 5.92 Å². The fourth-order valence-corrected chi connectivity index (χ4v) is 2.33. The Kier molecular flexibility index (Phi) is 6.78. The van der Waals surface area contributed by atoms with Crippen LogP contribution in [-0.4, -0.2) is 66.3 Å². The minimum atomic E-state index is -0.766. The predicted octanol–water partition coefficient (Wildman–Crippen LogP) is 1.65. The average Bonchev–Trinajstić information content (AvgIpc) is 2.83. The van der Waals surface area contributed by atoms with E-state index in [4.69, 9.17) is 9.84 Å². The van der Waals surface area contributed by atoms with E-state index in [2.05, 4.69) is 0 Å². The maximum absolute atomic E-state index is 12.2. The quantitative estimate of drug-likeness (QED) is 0.772. The zero-order valence-corrected chi connectivity index (χ0v) is 12.7. The number of hydrogen-bond donors (Lipinski definition) is 1. The molecule has 20 heavy (non-hydrogen) atoms. The first-order chi connectivity index (χ1) is 9.40. The number of carbonyl (C=O) groups is 2. The maximum atomic E-state index is 12.2. The number of amides is 2. The zero-order chi connectivity index (χ0) is 15.1. The number of aliphatic carboxylic acids is 1. The highest BCUT2D eigenvalue weighted by Crippen LogP contribution is 2.21. The van der Waals surface area contributed by atoms with Gasteiger partial charge in [-0.2, -0.15) is 0 Å². The van der Waals surface area contributed by atoms with Gasteiger partial charge in [0.25, 0.3) is 0 Å². The summed E-state index contributed by atoms with van der Waals surface area (Å²) in [5.41, 5.74) is 0. The molecule has 1 saturated heterocycles. The molecule has 116 valence electrons. The van der Waals surface area contributed by atoms with Crippen molar-refractivity contribution in [1.29, 1.82) is 0 Å². The molecule has 1 rings (SSSR count). The standard InChI is InChI=1S/C14H26N2O4/c1-11(2)20-9-8-15(3)14(19)16-7-6-12(10-16)4-5-13(17)18/h11-12H,4-10H2,1-3H3,(H,17,18). The van der Waals surface area contributed by atoms with E-state index in [1.807, 2.05) is 18.7 Å². The molecule has 0 aromatic carbocycles. The van der Waals surface area contributed by atoms with E-state index in [-0.39, 0.29) is 18.6 Å². The Labute approximate surface area is 120 Å². The number of rotatable bonds is 7. The van der Waals surface area contributed by atoms with Crippen LogP contribution >= 0.6 is 0 Å². The summed E-state index contributed by atoms with van der Waals surface area (Å²) < 4.78 is 5.43. The molecule has 1 N–H and O–H groups in total. The maximum Gasteiger partial charge on any atom is 0.319 e. The largest absolute Gasteiger partial charge is 0.481 e. The molecular formula is C14H26N2O4. The van der Waals surface area contributed by atoms with Crippen molar-refractivity contribution in [3.63, 3.8) is 0 Å². The number of carboxylic acid groups (broad SMARTS) is 1. The molecule has 1 atom stereocenters.